The van der Waals surface area contributed by atoms with Gasteiger partial charge in [0.25, 0.3) is 5.91 Å². The molecule has 2 amide bonds. The lowest BCUT2D eigenvalue weighted by Gasteiger charge is -2.33. The highest BCUT2D eigenvalue weighted by molar-refractivity contribution is 6.31. The number of halogens is 1. The Labute approximate surface area is 188 Å². The molecule has 0 unspecified atom stereocenters. The van der Waals surface area contributed by atoms with E-state index in [1.54, 1.807) is 35.4 Å². The molecule has 0 spiro atoms. The van der Waals surface area contributed by atoms with Crippen molar-refractivity contribution in [3.05, 3.63) is 53.2 Å². The van der Waals surface area contributed by atoms with Crippen LogP contribution in [0.2, 0.25) is 5.02 Å². The van der Waals surface area contributed by atoms with Crippen LogP contribution in [0.4, 0.5) is 16.3 Å². The van der Waals surface area contributed by atoms with E-state index in [0.29, 0.717) is 47.6 Å². The number of nitrogens with zero attached hydrogens (tertiary/aromatic N) is 2. The van der Waals surface area contributed by atoms with Crippen LogP contribution in [-0.2, 0) is 4.74 Å². The van der Waals surface area contributed by atoms with Crippen molar-refractivity contribution in [1.29, 1.82) is 0 Å². The van der Waals surface area contributed by atoms with E-state index in [1.807, 2.05) is 32.9 Å². The summed E-state index contributed by atoms with van der Waals surface area (Å²) in [5.74, 6) is 0.595. The van der Waals surface area contributed by atoms with Crippen molar-refractivity contribution >= 4 is 35.1 Å². The van der Waals surface area contributed by atoms with Gasteiger partial charge in [-0.2, -0.15) is 0 Å². The van der Waals surface area contributed by atoms with Gasteiger partial charge in [-0.1, -0.05) is 17.7 Å². The summed E-state index contributed by atoms with van der Waals surface area (Å²) in [6.45, 7) is 7.64. The molecule has 166 valence electrons. The van der Waals surface area contributed by atoms with Crippen LogP contribution >= 0.6 is 11.6 Å². The molecule has 0 aliphatic carbocycles. The molecule has 1 fully saturated rings. The molecular weight excluding hydrogens is 416 g/mol. The molecule has 3 rings (SSSR count). The molecule has 0 radical (unpaired) electrons. The highest BCUT2D eigenvalue weighted by atomic mass is 35.5. The fourth-order valence-electron chi connectivity index (χ4n) is 3.38. The minimum absolute atomic E-state index is 0.259. The van der Waals surface area contributed by atoms with E-state index in [4.69, 9.17) is 16.3 Å². The quantitative estimate of drug-likeness (QED) is 0.674. The van der Waals surface area contributed by atoms with Gasteiger partial charge in [-0.05, 0) is 69.9 Å². The minimum atomic E-state index is -0.490. The average molecular weight is 445 g/mol. The summed E-state index contributed by atoms with van der Waals surface area (Å²) in [6, 6.07) is 10.5. The van der Waals surface area contributed by atoms with Crippen LogP contribution in [0.15, 0.2) is 42.6 Å². The van der Waals surface area contributed by atoms with E-state index in [2.05, 4.69) is 15.6 Å². The lowest BCUT2D eigenvalue weighted by molar-refractivity contribution is 0.0188. The Kier molecular flexibility index (Phi) is 7.38. The average Bonchev–Trinajstić information content (AvgIpc) is 2.72. The van der Waals surface area contributed by atoms with Gasteiger partial charge < -0.3 is 20.3 Å². The number of pyridine rings is 1. The zero-order chi connectivity index (χ0) is 22.4. The number of carbonyl (C=O) groups is 2. The molecule has 1 aliphatic rings. The first kappa shape index (κ1) is 22.9. The van der Waals surface area contributed by atoms with Crippen molar-refractivity contribution in [2.75, 3.05) is 30.3 Å². The topological polar surface area (TPSA) is 83.6 Å². The summed E-state index contributed by atoms with van der Waals surface area (Å²) in [5, 5.41) is 6.67. The smallest absolute Gasteiger partial charge is 0.410 e. The number of nitrogens with one attached hydrogen (secondary N) is 2. The molecule has 2 heterocycles. The zero-order valence-electron chi connectivity index (χ0n) is 18.2. The van der Waals surface area contributed by atoms with Gasteiger partial charge in [0.05, 0.1) is 5.56 Å². The maximum absolute atomic E-state index is 12.8. The standard InChI is InChI=1S/C23H29ClN4O3/c1-23(2,3)31-22(30)28-12-9-16(10-13-28)15-26-19-8-7-17(24)14-18(19)21(29)27-20-6-4-5-11-25-20/h4-8,11,14,16,26H,9-10,12-13,15H2,1-3H3,(H,25,27,29). The SMILES string of the molecule is CC(C)(C)OC(=O)N1CCC(CNc2ccc(Cl)cc2C(=O)Nc2ccccn2)CC1. The summed E-state index contributed by atoms with van der Waals surface area (Å²) in [6.07, 6.45) is 3.10. The van der Waals surface area contributed by atoms with Crippen LogP contribution in [0.25, 0.3) is 0 Å². The summed E-state index contributed by atoms with van der Waals surface area (Å²) < 4.78 is 5.45. The van der Waals surface area contributed by atoms with Gasteiger partial charge in [-0.15, -0.1) is 0 Å². The highest BCUT2D eigenvalue weighted by Gasteiger charge is 2.27. The third kappa shape index (κ3) is 6.85. The van der Waals surface area contributed by atoms with Gasteiger partial charge >= 0.3 is 6.09 Å². The van der Waals surface area contributed by atoms with Gasteiger partial charge in [0.15, 0.2) is 0 Å². The molecule has 1 aromatic heterocycles. The summed E-state index contributed by atoms with van der Waals surface area (Å²) in [4.78, 5) is 30.9. The molecule has 0 atom stereocenters. The Morgan fingerprint density at radius 2 is 1.94 bits per heavy atom. The fourth-order valence-corrected chi connectivity index (χ4v) is 3.55. The molecule has 2 N–H and O–H groups in total. The van der Waals surface area contributed by atoms with Crippen molar-refractivity contribution in [2.45, 2.75) is 39.2 Å². The predicted octanol–water partition coefficient (Wildman–Crippen LogP) is 5.05. The highest BCUT2D eigenvalue weighted by Crippen LogP contribution is 2.24. The third-order valence-electron chi connectivity index (χ3n) is 4.98. The number of likely N-dealkylation sites (tertiary alicyclic amines) is 1. The lowest BCUT2D eigenvalue weighted by Crippen LogP contribution is -2.42. The molecule has 7 nitrogen and oxygen atoms in total. The number of piperidine rings is 1. The first-order chi connectivity index (χ1) is 14.7. The number of hydrogen-bond acceptors (Lipinski definition) is 5. The second-order valence-electron chi connectivity index (χ2n) is 8.65. The fraction of sp³-hybridized carbons (Fsp3) is 0.435. The molecular formula is C23H29ClN4O3. The normalized spacial score (nSPS) is 14.8. The largest absolute Gasteiger partial charge is 0.444 e. The zero-order valence-corrected chi connectivity index (χ0v) is 18.9. The maximum atomic E-state index is 12.8. The third-order valence-corrected chi connectivity index (χ3v) is 5.22. The van der Waals surface area contributed by atoms with Crippen LogP contribution < -0.4 is 10.6 Å². The van der Waals surface area contributed by atoms with E-state index >= 15 is 0 Å². The van der Waals surface area contributed by atoms with E-state index < -0.39 is 5.60 Å². The number of hydrogen-bond donors (Lipinski definition) is 2. The van der Waals surface area contributed by atoms with Crippen molar-refractivity contribution in [3.63, 3.8) is 0 Å². The number of benzene rings is 1. The van der Waals surface area contributed by atoms with E-state index in [1.165, 1.54) is 0 Å². The van der Waals surface area contributed by atoms with Gasteiger partial charge in [0.2, 0.25) is 0 Å². The Hall–Kier alpha value is -2.80. The second kappa shape index (κ2) is 10.0. The Morgan fingerprint density at radius 1 is 1.19 bits per heavy atom. The number of aromatic nitrogens is 1. The minimum Gasteiger partial charge on any atom is -0.444 e. The van der Waals surface area contributed by atoms with E-state index in [0.717, 1.165) is 12.8 Å². The molecule has 1 aliphatic heterocycles. The Balaban J connectivity index is 1.56. The van der Waals surface area contributed by atoms with Crippen molar-refractivity contribution < 1.29 is 14.3 Å². The number of rotatable bonds is 5. The van der Waals surface area contributed by atoms with Gasteiger partial charge in [0.1, 0.15) is 11.4 Å². The van der Waals surface area contributed by atoms with Crippen molar-refractivity contribution in [1.82, 2.24) is 9.88 Å². The van der Waals surface area contributed by atoms with Crippen LogP contribution in [-0.4, -0.2) is 47.1 Å². The monoisotopic (exact) mass is 444 g/mol. The first-order valence-electron chi connectivity index (χ1n) is 10.4. The van der Waals surface area contributed by atoms with Crippen LogP contribution in [0.3, 0.4) is 0 Å². The Bertz CT molecular complexity index is 907. The second-order valence-corrected chi connectivity index (χ2v) is 9.09. The lowest BCUT2D eigenvalue weighted by atomic mass is 9.96. The van der Waals surface area contributed by atoms with Crippen LogP contribution in [0.1, 0.15) is 44.0 Å². The first-order valence-corrected chi connectivity index (χ1v) is 10.8. The van der Waals surface area contributed by atoms with Gasteiger partial charge in [0, 0.05) is 36.5 Å². The maximum Gasteiger partial charge on any atom is 0.410 e. The number of ether oxygens (including phenoxy) is 1. The molecule has 1 aromatic carbocycles. The number of anilines is 2. The van der Waals surface area contributed by atoms with Gasteiger partial charge in [-0.25, -0.2) is 9.78 Å². The van der Waals surface area contributed by atoms with Gasteiger partial charge in [-0.3, -0.25) is 4.79 Å². The molecule has 2 aromatic rings. The molecule has 8 heteroatoms. The van der Waals surface area contributed by atoms with Crippen molar-refractivity contribution in [2.24, 2.45) is 5.92 Å². The number of carbonyl (C=O) groups excluding carboxylic acids is 2. The van der Waals surface area contributed by atoms with E-state index in [-0.39, 0.29) is 12.0 Å². The number of amides is 2. The van der Waals surface area contributed by atoms with E-state index in [9.17, 15) is 9.59 Å². The Morgan fingerprint density at radius 3 is 2.58 bits per heavy atom. The summed E-state index contributed by atoms with van der Waals surface area (Å²) in [7, 11) is 0. The molecule has 1 saturated heterocycles. The van der Waals surface area contributed by atoms with Crippen LogP contribution in [0.5, 0.6) is 0 Å². The summed E-state index contributed by atoms with van der Waals surface area (Å²) in [5.41, 5.74) is 0.688. The molecule has 0 bridgehead atoms. The molecule has 31 heavy (non-hydrogen) atoms. The van der Waals surface area contributed by atoms with Crippen LogP contribution in [0, 0.1) is 5.92 Å². The predicted molar refractivity (Wildman–Crippen MR) is 123 cm³/mol. The molecule has 0 saturated carbocycles. The van der Waals surface area contributed by atoms with Crippen molar-refractivity contribution in [3.8, 4) is 0 Å². The summed E-state index contributed by atoms with van der Waals surface area (Å²) >= 11 is 6.13.